The summed E-state index contributed by atoms with van der Waals surface area (Å²) in [5.74, 6) is -0.515. The van der Waals surface area contributed by atoms with Crippen molar-refractivity contribution in [3.63, 3.8) is 0 Å². The van der Waals surface area contributed by atoms with E-state index in [2.05, 4.69) is 4.90 Å². The van der Waals surface area contributed by atoms with Gasteiger partial charge in [0.1, 0.15) is 5.82 Å². The normalized spacial score (nSPS) is 27.7. The molecule has 4 nitrogen and oxygen atoms in total. The van der Waals surface area contributed by atoms with Crippen LogP contribution in [0.4, 0.5) is 4.39 Å². The van der Waals surface area contributed by atoms with Gasteiger partial charge in [0.25, 0.3) is 0 Å². The minimum atomic E-state index is -3.40. The fraction of sp³-hybridized carbons (Fsp3) is 0.600. The Kier molecular flexibility index (Phi) is 4.03. The third-order valence-electron chi connectivity index (χ3n) is 4.48. The van der Waals surface area contributed by atoms with Gasteiger partial charge in [0.2, 0.25) is 10.0 Å². The molecule has 0 N–H and O–H groups in total. The van der Waals surface area contributed by atoms with Crippen molar-refractivity contribution in [1.82, 2.24) is 9.21 Å². The van der Waals surface area contributed by atoms with E-state index in [-0.39, 0.29) is 11.8 Å². The van der Waals surface area contributed by atoms with Gasteiger partial charge in [-0.2, -0.15) is 4.31 Å². The van der Waals surface area contributed by atoms with Gasteiger partial charge in [-0.05, 0) is 44.0 Å². The van der Waals surface area contributed by atoms with Crippen LogP contribution < -0.4 is 0 Å². The molecule has 0 aromatic heterocycles. The molecule has 6 heteroatoms. The monoisotopic (exact) mass is 312 g/mol. The Hall–Kier alpha value is -0.980. The van der Waals surface area contributed by atoms with Crippen LogP contribution >= 0.6 is 0 Å². The van der Waals surface area contributed by atoms with Gasteiger partial charge in [-0.1, -0.05) is 12.1 Å². The second-order valence-electron chi connectivity index (χ2n) is 6.10. The minimum absolute atomic E-state index is 0.0158. The number of hydrogen-bond donors (Lipinski definition) is 0. The summed E-state index contributed by atoms with van der Waals surface area (Å²) in [4.78, 5) is 2.39. The Morgan fingerprint density at radius 2 is 2.14 bits per heavy atom. The van der Waals surface area contributed by atoms with Crippen LogP contribution in [0.2, 0.25) is 0 Å². The molecule has 0 saturated carbocycles. The molecule has 3 rings (SSSR count). The van der Waals surface area contributed by atoms with Crippen LogP contribution in [0.5, 0.6) is 0 Å². The number of rotatable bonds is 3. The first-order valence-electron chi connectivity index (χ1n) is 7.44. The predicted molar refractivity (Wildman–Crippen MR) is 79.8 cm³/mol. The van der Waals surface area contributed by atoms with Gasteiger partial charge < -0.3 is 0 Å². The van der Waals surface area contributed by atoms with Crippen molar-refractivity contribution in [3.05, 3.63) is 35.6 Å². The van der Waals surface area contributed by atoms with Crippen LogP contribution in [-0.4, -0.2) is 49.3 Å². The maximum absolute atomic E-state index is 13.2. The van der Waals surface area contributed by atoms with E-state index in [1.165, 1.54) is 12.1 Å². The van der Waals surface area contributed by atoms with Gasteiger partial charge in [-0.25, -0.2) is 12.8 Å². The van der Waals surface area contributed by atoms with E-state index in [9.17, 15) is 12.8 Å². The van der Waals surface area contributed by atoms with E-state index in [4.69, 9.17) is 0 Å². The molecule has 2 aliphatic rings. The van der Waals surface area contributed by atoms with Crippen molar-refractivity contribution >= 4 is 10.0 Å². The summed E-state index contributed by atoms with van der Waals surface area (Å²) < 4.78 is 40.1. The standard InChI is InChI=1S/C15H21FN2O2S/c1-12-9-17-7-3-6-15(17)10-18(12)21(19,20)11-13-4-2-5-14(16)8-13/h2,4-5,8,12,15H,3,6-7,9-11H2,1H3/t12-,15-/m0/s1. The topological polar surface area (TPSA) is 40.6 Å². The van der Waals surface area contributed by atoms with Crippen LogP contribution in [0, 0.1) is 5.82 Å². The molecule has 1 aromatic carbocycles. The van der Waals surface area contributed by atoms with E-state index in [0.29, 0.717) is 18.2 Å². The molecule has 0 radical (unpaired) electrons. The zero-order chi connectivity index (χ0) is 15.0. The van der Waals surface area contributed by atoms with Crippen LogP contribution in [-0.2, 0) is 15.8 Å². The van der Waals surface area contributed by atoms with Crippen LogP contribution in [0.3, 0.4) is 0 Å². The molecule has 21 heavy (non-hydrogen) atoms. The highest BCUT2D eigenvalue weighted by molar-refractivity contribution is 7.88. The maximum Gasteiger partial charge on any atom is 0.218 e. The van der Waals surface area contributed by atoms with Crippen LogP contribution in [0.1, 0.15) is 25.3 Å². The summed E-state index contributed by atoms with van der Waals surface area (Å²) in [6.07, 6.45) is 2.22. The van der Waals surface area contributed by atoms with Crippen molar-refractivity contribution in [2.45, 2.75) is 37.6 Å². The molecule has 2 heterocycles. The second-order valence-corrected chi connectivity index (χ2v) is 8.02. The number of piperazine rings is 1. The van der Waals surface area contributed by atoms with E-state index in [1.807, 2.05) is 6.92 Å². The lowest BCUT2D eigenvalue weighted by Gasteiger charge is -2.41. The fourth-order valence-electron chi connectivity index (χ4n) is 3.47. The maximum atomic E-state index is 13.2. The van der Waals surface area contributed by atoms with E-state index < -0.39 is 15.8 Å². The molecule has 0 aliphatic carbocycles. The number of fused-ring (bicyclic) bond motifs is 1. The van der Waals surface area contributed by atoms with Crippen molar-refractivity contribution in [2.24, 2.45) is 0 Å². The highest BCUT2D eigenvalue weighted by Gasteiger charge is 2.39. The van der Waals surface area contributed by atoms with Gasteiger partial charge in [0.05, 0.1) is 5.75 Å². The zero-order valence-corrected chi connectivity index (χ0v) is 13.0. The fourth-order valence-corrected chi connectivity index (χ4v) is 5.25. The third kappa shape index (κ3) is 3.12. The van der Waals surface area contributed by atoms with Crippen LogP contribution in [0.15, 0.2) is 24.3 Å². The lowest BCUT2D eigenvalue weighted by molar-refractivity contribution is 0.117. The van der Waals surface area contributed by atoms with E-state index in [0.717, 1.165) is 25.9 Å². The SMILES string of the molecule is C[C@H]1CN2CCC[C@H]2CN1S(=O)(=O)Cc1cccc(F)c1. The Labute approximate surface area is 125 Å². The van der Waals surface area contributed by atoms with Crippen molar-refractivity contribution in [1.29, 1.82) is 0 Å². The lowest BCUT2D eigenvalue weighted by Crippen LogP contribution is -2.56. The Morgan fingerprint density at radius 1 is 1.33 bits per heavy atom. The number of benzene rings is 1. The number of halogens is 1. The summed E-state index contributed by atoms with van der Waals surface area (Å²) in [5.41, 5.74) is 0.510. The van der Waals surface area contributed by atoms with E-state index >= 15 is 0 Å². The quantitative estimate of drug-likeness (QED) is 0.855. The third-order valence-corrected chi connectivity index (χ3v) is 6.40. The largest absolute Gasteiger partial charge is 0.297 e. The summed E-state index contributed by atoms with van der Waals surface area (Å²) in [6.45, 7) is 4.40. The second kappa shape index (κ2) is 5.66. The highest BCUT2D eigenvalue weighted by atomic mass is 32.2. The van der Waals surface area contributed by atoms with Gasteiger partial charge in [-0.15, -0.1) is 0 Å². The molecular formula is C15H21FN2O2S. The molecule has 0 spiro atoms. The Bertz CT molecular complexity index is 620. The highest BCUT2D eigenvalue weighted by Crippen LogP contribution is 2.27. The van der Waals surface area contributed by atoms with Crippen molar-refractivity contribution in [3.8, 4) is 0 Å². The Morgan fingerprint density at radius 3 is 2.90 bits per heavy atom. The molecule has 2 fully saturated rings. The van der Waals surface area contributed by atoms with E-state index in [1.54, 1.807) is 16.4 Å². The molecule has 2 saturated heterocycles. The zero-order valence-electron chi connectivity index (χ0n) is 12.2. The molecule has 116 valence electrons. The molecular weight excluding hydrogens is 291 g/mol. The lowest BCUT2D eigenvalue weighted by atomic mass is 10.1. The number of sulfonamides is 1. The molecule has 2 aliphatic heterocycles. The number of nitrogens with zero attached hydrogens (tertiary/aromatic N) is 2. The summed E-state index contributed by atoms with van der Waals surface area (Å²) in [5, 5.41) is 0. The minimum Gasteiger partial charge on any atom is -0.297 e. The van der Waals surface area contributed by atoms with Crippen molar-refractivity contribution in [2.75, 3.05) is 19.6 Å². The summed E-state index contributed by atoms with van der Waals surface area (Å²) >= 11 is 0. The number of hydrogen-bond acceptors (Lipinski definition) is 3. The van der Waals surface area contributed by atoms with Gasteiger partial charge in [-0.3, -0.25) is 4.90 Å². The molecule has 2 atom stereocenters. The molecule has 0 unspecified atom stereocenters. The smallest absolute Gasteiger partial charge is 0.218 e. The first-order valence-corrected chi connectivity index (χ1v) is 9.04. The van der Waals surface area contributed by atoms with Crippen molar-refractivity contribution < 1.29 is 12.8 Å². The van der Waals surface area contributed by atoms with Gasteiger partial charge >= 0.3 is 0 Å². The van der Waals surface area contributed by atoms with Gasteiger partial charge in [0.15, 0.2) is 0 Å². The predicted octanol–water partition coefficient (Wildman–Crippen LogP) is 1.82. The summed E-state index contributed by atoms with van der Waals surface area (Å²) in [7, 11) is -3.40. The molecule has 1 aromatic rings. The average Bonchev–Trinajstić information content (AvgIpc) is 2.84. The molecule has 0 bridgehead atoms. The van der Waals surface area contributed by atoms with Gasteiger partial charge in [0, 0.05) is 25.2 Å². The van der Waals surface area contributed by atoms with Crippen LogP contribution in [0.25, 0.3) is 0 Å². The molecule has 0 amide bonds. The average molecular weight is 312 g/mol. The summed E-state index contributed by atoms with van der Waals surface area (Å²) in [6, 6.07) is 6.18. The first-order chi connectivity index (χ1) is 9.95. The first kappa shape index (κ1) is 14.9. The Balaban J connectivity index is 1.77.